The fraction of sp³-hybridized carbons (Fsp3) is 0.190. The third-order valence-electron chi connectivity index (χ3n) is 4.53. The standard InChI is InChI=1S/C21H22N6OS/c1-22-21(23-12-17(28)19-11-15-7-5-6-10-18(15)29-19)24-13-20-26-25-14-27(20)16-8-3-2-4-9-16/h2-11,14,17,28H,12-13H2,1H3,(H2,22,23,24). The fourth-order valence-electron chi connectivity index (χ4n) is 3.03. The Morgan fingerprint density at radius 2 is 1.93 bits per heavy atom. The normalized spacial score (nSPS) is 12.8. The Hall–Kier alpha value is -3.23. The van der Waals surface area contributed by atoms with E-state index in [9.17, 15) is 5.11 Å². The second kappa shape index (κ2) is 8.85. The van der Waals surface area contributed by atoms with Gasteiger partial charge in [-0.15, -0.1) is 21.5 Å². The van der Waals surface area contributed by atoms with E-state index in [0.29, 0.717) is 19.0 Å². The molecule has 29 heavy (non-hydrogen) atoms. The average Bonchev–Trinajstić information content (AvgIpc) is 3.41. The lowest BCUT2D eigenvalue weighted by Crippen LogP contribution is -2.39. The van der Waals surface area contributed by atoms with E-state index in [1.165, 1.54) is 4.70 Å². The van der Waals surface area contributed by atoms with E-state index < -0.39 is 6.10 Å². The largest absolute Gasteiger partial charge is 0.386 e. The maximum Gasteiger partial charge on any atom is 0.191 e. The van der Waals surface area contributed by atoms with Crippen LogP contribution in [0.15, 0.2) is 72.0 Å². The SMILES string of the molecule is CN=C(NCc1nncn1-c1ccccc1)NCC(O)c1cc2ccccc2s1. The summed E-state index contributed by atoms with van der Waals surface area (Å²) in [5.41, 5.74) is 0.998. The lowest BCUT2D eigenvalue weighted by Gasteiger charge is -2.14. The number of hydrogen-bond acceptors (Lipinski definition) is 5. The van der Waals surface area contributed by atoms with Crippen molar-refractivity contribution in [3.63, 3.8) is 0 Å². The molecule has 0 bridgehead atoms. The molecule has 1 unspecified atom stereocenters. The molecule has 2 aromatic carbocycles. The number of nitrogens with one attached hydrogen (secondary N) is 2. The Kier molecular flexibility index (Phi) is 5.83. The third kappa shape index (κ3) is 4.44. The first-order valence-corrected chi connectivity index (χ1v) is 10.1. The van der Waals surface area contributed by atoms with Crippen molar-refractivity contribution in [3.05, 3.63) is 77.7 Å². The van der Waals surface area contributed by atoms with Gasteiger partial charge >= 0.3 is 0 Å². The molecule has 0 spiro atoms. The van der Waals surface area contributed by atoms with E-state index in [2.05, 4.69) is 38.0 Å². The van der Waals surface area contributed by atoms with Crippen LogP contribution in [0.3, 0.4) is 0 Å². The number of para-hydroxylation sites is 1. The highest BCUT2D eigenvalue weighted by atomic mass is 32.1. The second-order valence-electron chi connectivity index (χ2n) is 6.46. The predicted octanol–water partition coefficient (Wildman–Crippen LogP) is 2.88. The molecule has 0 radical (unpaired) electrons. The Balaban J connectivity index is 1.35. The molecule has 4 rings (SSSR count). The first kappa shape index (κ1) is 19.1. The van der Waals surface area contributed by atoms with E-state index in [1.54, 1.807) is 24.7 Å². The molecule has 0 saturated carbocycles. The number of fused-ring (bicyclic) bond motifs is 1. The molecule has 0 fully saturated rings. The van der Waals surface area contributed by atoms with Crippen LogP contribution in [0.4, 0.5) is 0 Å². The van der Waals surface area contributed by atoms with Crippen LogP contribution in [-0.4, -0.2) is 39.4 Å². The van der Waals surface area contributed by atoms with Gasteiger partial charge in [-0.25, -0.2) is 0 Å². The Morgan fingerprint density at radius 3 is 2.72 bits per heavy atom. The molecular weight excluding hydrogens is 384 g/mol. The number of guanidine groups is 1. The van der Waals surface area contributed by atoms with Crippen molar-refractivity contribution in [2.45, 2.75) is 12.6 Å². The van der Waals surface area contributed by atoms with Gasteiger partial charge in [0.25, 0.3) is 0 Å². The molecule has 0 saturated heterocycles. The van der Waals surface area contributed by atoms with Crippen molar-refractivity contribution in [1.29, 1.82) is 0 Å². The molecule has 2 aromatic heterocycles. The highest BCUT2D eigenvalue weighted by molar-refractivity contribution is 7.19. The van der Waals surface area contributed by atoms with Gasteiger partial charge in [0, 0.05) is 28.9 Å². The van der Waals surface area contributed by atoms with Crippen molar-refractivity contribution in [1.82, 2.24) is 25.4 Å². The quantitative estimate of drug-likeness (QED) is 0.339. The summed E-state index contributed by atoms with van der Waals surface area (Å²) in [5, 5.41) is 26.3. The number of rotatable bonds is 6. The number of hydrogen-bond donors (Lipinski definition) is 3. The van der Waals surface area contributed by atoms with Gasteiger partial charge in [0.2, 0.25) is 0 Å². The maximum atomic E-state index is 10.5. The van der Waals surface area contributed by atoms with E-state index in [4.69, 9.17) is 0 Å². The highest BCUT2D eigenvalue weighted by Crippen LogP contribution is 2.29. The Morgan fingerprint density at radius 1 is 1.14 bits per heavy atom. The highest BCUT2D eigenvalue weighted by Gasteiger charge is 2.13. The van der Waals surface area contributed by atoms with Crippen molar-refractivity contribution in [2.24, 2.45) is 4.99 Å². The van der Waals surface area contributed by atoms with E-state index >= 15 is 0 Å². The number of nitrogens with zero attached hydrogens (tertiary/aromatic N) is 4. The molecule has 0 aliphatic carbocycles. The van der Waals surface area contributed by atoms with Crippen LogP contribution in [-0.2, 0) is 6.54 Å². The predicted molar refractivity (Wildman–Crippen MR) is 116 cm³/mol. The zero-order chi connectivity index (χ0) is 20.1. The zero-order valence-corrected chi connectivity index (χ0v) is 16.8. The van der Waals surface area contributed by atoms with Crippen LogP contribution >= 0.6 is 11.3 Å². The summed E-state index contributed by atoms with van der Waals surface area (Å²) in [6, 6.07) is 20.1. The molecule has 7 nitrogen and oxygen atoms in total. The van der Waals surface area contributed by atoms with Gasteiger partial charge < -0.3 is 15.7 Å². The van der Waals surface area contributed by atoms with E-state index in [1.807, 2.05) is 53.1 Å². The van der Waals surface area contributed by atoms with E-state index in [-0.39, 0.29) is 0 Å². The zero-order valence-electron chi connectivity index (χ0n) is 16.0. The minimum Gasteiger partial charge on any atom is -0.386 e. The van der Waals surface area contributed by atoms with Gasteiger partial charge in [-0.05, 0) is 29.7 Å². The van der Waals surface area contributed by atoms with Gasteiger partial charge in [-0.1, -0.05) is 36.4 Å². The van der Waals surface area contributed by atoms with Crippen molar-refractivity contribution in [3.8, 4) is 5.69 Å². The van der Waals surface area contributed by atoms with Crippen molar-refractivity contribution in [2.75, 3.05) is 13.6 Å². The number of thiophene rings is 1. The molecular formula is C21H22N6OS. The molecule has 148 valence electrons. The number of aliphatic hydroxyl groups excluding tert-OH is 1. The smallest absolute Gasteiger partial charge is 0.191 e. The monoisotopic (exact) mass is 406 g/mol. The number of aliphatic imine (C=N–C) groups is 1. The van der Waals surface area contributed by atoms with Gasteiger partial charge in [-0.2, -0.15) is 0 Å². The summed E-state index contributed by atoms with van der Waals surface area (Å²) in [7, 11) is 1.70. The number of aromatic nitrogens is 3. The van der Waals surface area contributed by atoms with Gasteiger partial charge in [0.1, 0.15) is 12.4 Å². The lowest BCUT2D eigenvalue weighted by atomic mass is 10.2. The van der Waals surface area contributed by atoms with Gasteiger partial charge in [0.05, 0.1) is 6.54 Å². The molecule has 0 aliphatic rings. The summed E-state index contributed by atoms with van der Waals surface area (Å²) < 4.78 is 3.09. The molecule has 1 atom stereocenters. The molecule has 0 amide bonds. The molecule has 8 heteroatoms. The number of benzene rings is 2. The average molecular weight is 407 g/mol. The molecule has 2 heterocycles. The topological polar surface area (TPSA) is 87.4 Å². The van der Waals surface area contributed by atoms with Crippen LogP contribution < -0.4 is 10.6 Å². The molecule has 4 aromatic rings. The van der Waals surface area contributed by atoms with Crippen LogP contribution in [0.2, 0.25) is 0 Å². The van der Waals surface area contributed by atoms with Crippen LogP contribution in [0.25, 0.3) is 15.8 Å². The minimum atomic E-state index is -0.612. The molecule has 0 aliphatic heterocycles. The van der Waals surface area contributed by atoms with Gasteiger partial charge in [-0.3, -0.25) is 9.56 Å². The van der Waals surface area contributed by atoms with Crippen molar-refractivity contribution < 1.29 is 5.11 Å². The number of aliphatic hydroxyl groups is 1. The Labute approximate surface area is 172 Å². The lowest BCUT2D eigenvalue weighted by molar-refractivity contribution is 0.184. The minimum absolute atomic E-state index is 0.359. The Bertz CT molecular complexity index is 1070. The molecule has 3 N–H and O–H groups in total. The summed E-state index contributed by atoms with van der Waals surface area (Å²) in [5.74, 6) is 1.36. The van der Waals surface area contributed by atoms with Crippen LogP contribution in [0.5, 0.6) is 0 Å². The summed E-state index contributed by atoms with van der Waals surface area (Å²) >= 11 is 1.60. The third-order valence-corrected chi connectivity index (χ3v) is 5.74. The first-order chi connectivity index (χ1) is 14.2. The van der Waals surface area contributed by atoms with Crippen LogP contribution in [0, 0.1) is 0 Å². The van der Waals surface area contributed by atoms with E-state index in [0.717, 1.165) is 21.8 Å². The maximum absolute atomic E-state index is 10.5. The summed E-state index contributed by atoms with van der Waals surface area (Å²) in [6.45, 7) is 0.811. The summed E-state index contributed by atoms with van der Waals surface area (Å²) in [4.78, 5) is 5.16. The van der Waals surface area contributed by atoms with Crippen LogP contribution in [0.1, 0.15) is 16.8 Å². The summed E-state index contributed by atoms with van der Waals surface area (Å²) in [6.07, 6.45) is 1.08. The van der Waals surface area contributed by atoms with Gasteiger partial charge in [0.15, 0.2) is 11.8 Å². The van der Waals surface area contributed by atoms with Crippen molar-refractivity contribution >= 4 is 27.4 Å². The first-order valence-electron chi connectivity index (χ1n) is 9.30. The second-order valence-corrected chi connectivity index (χ2v) is 7.58. The fourth-order valence-corrected chi connectivity index (χ4v) is 4.08.